The number of H-pyrrole nitrogens is 1. The number of aromatic amines is 1. The van der Waals surface area contributed by atoms with Crippen molar-refractivity contribution in [2.45, 2.75) is 84.6 Å². The highest BCUT2D eigenvalue weighted by Gasteiger charge is 2.36. The number of likely N-dealkylation sites (tertiary alicyclic amines) is 1. The number of nitrogens with zero attached hydrogens (tertiary/aromatic N) is 4. The van der Waals surface area contributed by atoms with E-state index in [0.717, 1.165) is 51.7 Å². The molecule has 44 heavy (non-hydrogen) atoms. The molecular formula is C35H41N5O4. The SMILES string of the molecule is Cc1c[nH]c2ncc(-c3cc4c(c(C5CCCN5C(=O)OC(C)(C)C)c3)CN(C(=O)c3ccnc(C(C)(C)O)c3)CC4)cc12. The van der Waals surface area contributed by atoms with Crippen LogP contribution in [0.2, 0.25) is 0 Å². The van der Waals surface area contributed by atoms with Crippen LogP contribution in [0.25, 0.3) is 22.2 Å². The molecule has 0 saturated carbocycles. The van der Waals surface area contributed by atoms with Gasteiger partial charge in [-0.2, -0.15) is 0 Å². The number of fused-ring (bicyclic) bond motifs is 2. The van der Waals surface area contributed by atoms with Crippen LogP contribution in [0.1, 0.15) is 91.8 Å². The van der Waals surface area contributed by atoms with Crippen molar-refractivity contribution in [3.05, 3.63) is 82.4 Å². The van der Waals surface area contributed by atoms with E-state index in [9.17, 15) is 14.7 Å². The average molecular weight is 596 g/mol. The van der Waals surface area contributed by atoms with Crippen molar-refractivity contribution in [3.8, 4) is 11.1 Å². The van der Waals surface area contributed by atoms with Crippen LogP contribution in [0, 0.1) is 6.92 Å². The molecule has 0 bridgehead atoms. The van der Waals surface area contributed by atoms with Crippen LogP contribution >= 0.6 is 0 Å². The Balaban J connectivity index is 1.41. The maximum Gasteiger partial charge on any atom is 0.410 e. The number of hydrogen-bond donors (Lipinski definition) is 2. The Morgan fingerprint density at radius 2 is 1.84 bits per heavy atom. The number of nitrogens with one attached hydrogen (secondary N) is 1. The molecule has 3 aromatic heterocycles. The number of carbonyl (C=O) groups is 2. The van der Waals surface area contributed by atoms with Gasteiger partial charge in [-0.15, -0.1) is 0 Å². The first-order valence-electron chi connectivity index (χ1n) is 15.4. The zero-order valence-electron chi connectivity index (χ0n) is 26.4. The Hall–Kier alpha value is -4.24. The molecule has 1 fully saturated rings. The highest BCUT2D eigenvalue weighted by Crippen LogP contribution is 2.40. The van der Waals surface area contributed by atoms with Crippen LogP contribution < -0.4 is 0 Å². The second kappa shape index (κ2) is 11.0. The molecule has 2 amide bonds. The summed E-state index contributed by atoms with van der Waals surface area (Å²) in [6.45, 7) is 12.6. The van der Waals surface area contributed by atoms with E-state index in [1.165, 1.54) is 5.56 Å². The highest BCUT2D eigenvalue weighted by atomic mass is 16.6. The summed E-state index contributed by atoms with van der Waals surface area (Å²) >= 11 is 0. The monoisotopic (exact) mass is 595 g/mol. The van der Waals surface area contributed by atoms with Crippen molar-refractivity contribution in [2.24, 2.45) is 0 Å². The molecule has 5 heterocycles. The number of rotatable bonds is 4. The van der Waals surface area contributed by atoms with E-state index in [1.54, 1.807) is 32.2 Å². The van der Waals surface area contributed by atoms with Gasteiger partial charge in [0.15, 0.2) is 0 Å². The van der Waals surface area contributed by atoms with Crippen molar-refractivity contribution in [1.29, 1.82) is 0 Å². The molecule has 1 saturated heterocycles. The number of carbonyl (C=O) groups excluding carboxylic acids is 2. The predicted molar refractivity (Wildman–Crippen MR) is 169 cm³/mol. The van der Waals surface area contributed by atoms with Crippen molar-refractivity contribution >= 4 is 23.0 Å². The number of amides is 2. The molecule has 4 aromatic rings. The van der Waals surface area contributed by atoms with Crippen molar-refractivity contribution in [1.82, 2.24) is 24.8 Å². The summed E-state index contributed by atoms with van der Waals surface area (Å²) in [5.41, 5.74) is 6.56. The normalized spacial score (nSPS) is 17.2. The molecule has 1 unspecified atom stereocenters. The average Bonchev–Trinajstić information content (AvgIpc) is 3.62. The van der Waals surface area contributed by atoms with Gasteiger partial charge in [0.2, 0.25) is 0 Å². The third kappa shape index (κ3) is 5.80. The zero-order valence-corrected chi connectivity index (χ0v) is 26.4. The van der Waals surface area contributed by atoms with Crippen LogP contribution in [0.15, 0.2) is 48.9 Å². The lowest BCUT2D eigenvalue weighted by atomic mass is 9.86. The second-order valence-electron chi connectivity index (χ2n) is 13.6. The molecule has 2 N–H and O–H groups in total. The van der Waals surface area contributed by atoms with Gasteiger partial charge in [0, 0.05) is 54.7 Å². The molecule has 0 radical (unpaired) electrons. The summed E-state index contributed by atoms with van der Waals surface area (Å²) in [7, 11) is 0. The van der Waals surface area contributed by atoms with Gasteiger partial charge < -0.3 is 24.6 Å². The van der Waals surface area contributed by atoms with E-state index >= 15 is 0 Å². The lowest BCUT2D eigenvalue weighted by molar-refractivity contribution is 0.0222. The molecular weight excluding hydrogens is 554 g/mol. The summed E-state index contributed by atoms with van der Waals surface area (Å²) in [5, 5.41) is 11.6. The van der Waals surface area contributed by atoms with Crippen molar-refractivity contribution in [2.75, 3.05) is 13.1 Å². The quantitative estimate of drug-likeness (QED) is 0.281. The van der Waals surface area contributed by atoms with E-state index in [1.807, 2.05) is 43.0 Å². The van der Waals surface area contributed by atoms with Gasteiger partial charge in [0.05, 0.1) is 11.7 Å². The Morgan fingerprint density at radius 3 is 2.59 bits per heavy atom. The van der Waals surface area contributed by atoms with Gasteiger partial charge >= 0.3 is 6.09 Å². The number of aromatic nitrogens is 3. The van der Waals surface area contributed by atoms with E-state index in [-0.39, 0.29) is 18.0 Å². The summed E-state index contributed by atoms with van der Waals surface area (Å²) in [6, 6.07) is 9.78. The molecule has 2 aliphatic heterocycles. The van der Waals surface area contributed by atoms with Gasteiger partial charge in [-0.05, 0) is 113 Å². The molecule has 6 rings (SSSR count). The molecule has 9 heteroatoms. The molecule has 0 spiro atoms. The Bertz CT molecular complexity index is 1750. The molecule has 9 nitrogen and oxygen atoms in total. The lowest BCUT2D eigenvalue weighted by Gasteiger charge is -2.35. The van der Waals surface area contributed by atoms with Crippen LogP contribution in [0.4, 0.5) is 4.79 Å². The summed E-state index contributed by atoms with van der Waals surface area (Å²) < 4.78 is 5.82. The number of pyridine rings is 2. The minimum Gasteiger partial charge on any atom is -0.444 e. The number of aliphatic hydroxyl groups is 1. The van der Waals surface area contributed by atoms with E-state index < -0.39 is 11.2 Å². The predicted octanol–water partition coefficient (Wildman–Crippen LogP) is 6.43. The Morgan fingerprint density at radius 1 is 1.05 bits per heavy atom. The fourth-order valence-electron chi connectivity index (χ4n) is 6.34. The molecule has 230 valence electrons. The maximum atomic E-state index is 13.8. The van der Waals surface area contributed by atoms with E-state index in [0.29, 0.717) is 37.3 Å². The highest BCUT2D eigenvalue weighted by molar-refractivity contribution is 5.94. The topological polar surface area (TPSA) is 112 Å². The largest absolute Gasteiger partial charge is 0.444 e. The number of ether oxygens (including phenoxy) is 1. The van der Waals surface area contributed by atoms with Gasteiger partial charge in [-0.3, -0.25) is 9.78 Å². The van der Waals surface area contributed by atoms with Crippen LogP contribution in [-0.4, -0.2) is 60.5 Å². The maximum absolute atomic E-state index is 13.8. The molecule has 1 aromatic carbocycles. The third-order valence-corrected chi connectivity index (χ3v) is 8.61. The summed E-state index contributed by atoms with van der Waals surface area (Å²) in [4.78, 5) is 43.1. The van der Waals surface area contributed by atoms with Gasteiger partial charge in [-0.1, -0.05) is 6.07 Å². The first-order valence-corrected chi connectivity index (χ1v) is 15.4. The van der Waals surface area contributed by atoms with Crippen LogP contribution in [-0.2, 0) is 23.3 Å². The number of hydrogen-bond acceptors (Lipinski definition) is 6. The zero-order chi connectivity index (χ0) is 31.4. The molecule has 0 aliphatic carbocycles. The number of aryl methyl sites for hydroxylation is 1. The van der Waals surface area contributed by atoms with Crippen molar-refractivity contribution in [3.63, 3.8) is 0 Å². The van der Waals surface area contributed by atoms with E-state index in [2.05, 4.69) is 40.1 Å². The second-order valence-corrected chi connectivity index (χ2v) is 13.6. The fraction of sp³-hybridized carbons (Fsp3) is 0.429. The standard InChI is InChI=1S/C35H41N5O4/c1-21-18-37-31-26(21)16-25(19-38-31)24-14-22-10-13-39(32(41)23-9-11-36-30(17-23)35(5,6)43)20-28(22)27(15-24)29-8-7-12-40(29)33(42)44-34(2,3)4/h9,11,14-19,29,43H,7-8,10,12-13,20H2,1-6H3,(H,37,38). The minimum atomic E-state index is -1.15. The molecule has 2 aliphatic rings. The molecule has 1 atom stereocenters. The van der Waals surface area contributed by atoms with Gasteiger partial charge in [-0.25, -0.2) is 9.78 Å². The Labute approximate surface area is 258 Å². The van der Waals surface area contributed by atoms with E-state index in [4.69, 9.17) is 4.74 Å². The van der Waals surface area contributed by atoms with Crippen LogP contribution in [0.5, 0.6) is 0 Å². The Kier molecular flexibility index (Phi) is 7.48. The lowest BCUT2D eigenvalue weighted by Crippen LogP contribution is -2.39. The smallest absolute Gasteiger partial charge is 0.410 e. The van der Waals surface area contributed by atoms with Gasteiger partial charge in [0.1, 0.15) is 16.8 Å². The first kappa shape index (κ1) is 29.8. The van der Waals surface area contributed by atoms with Gasteiger partial charge in [0.25, 0.3) is 5.91 Å². The first-order chi connectivity index (χ1) is 20.8. The minimum absolute atomic E-state index is 0.105. The summed E-state index contributed by atoms with van der Waals surface area (Å²) in [6.07, 6.45) is 7.50. The van der Waals surface area contributed by atoms with Crippen molar-refractivity contribution < 1.29 is 19.4 Å². The summed E-state index contributed by atoms with van der Waals surface area (Å²) in [5.74, 6) is -0.105. The number of benzene rings is 1. The fourth-order valence-corrected chi connectivity index (χ4v) is 6.34. The third-order valence-electron chi connectivity index (χ3n) is 8.61. The van der Waals surface area contributed by atoms with Crippen LogP contribution in [0.3, 0.4) is 0 Å².